The summed E-state index contributed by atoms with van der Waals surface area (Å²) in [7, 11) is 0. The van der Waals surface area contributed by atoms with Gasteiger partial charge in [-0.15, -0.1) is 0 Å². The molecule has 2 saturated carbocycles. The van der Waals surface area contributed by atoms with Crippen LogP contribution in [0.5, 0.6) is 11.5 Å². The van der Waals surface area contributed by atoms with Crippen LogP contribution < -0.4 is 4.74 Å². The topological polar surface area (TPSA) is 66.8 Å². The van der Waals surface area contributed by atoms with Crippen molar-refractivity contribution in [3.05, 3.63) is 23.3 Å². The first-order chi connectivity index (χ1) is 14.4. The molecule has 138 valence electrons. The molecule has 5 heteroatoms. The Kier molecular flexibility index (Phi) is 1.93. The summed E-state index contributed by atoms with van der Waals surface area (Å²) < 4.78 is 48.7. The molecule has 1 spiro atoms. The fourth-order valence-electron chi connectivity index (χ4n) is 6.23. The summed E-state index contributed by atoms with van der Waals surface area (Å²) in [5, 5.41) is 22.8. The van der Waals surface area contributed by atoms with Crippen molar-refractivity contribution in [2.24, 2.45) is 5.92 Å². The minimum Gasteiger partial charge on any atom is -0.504 e. The third kappa shape index (κ3) is 1.55. The normalized spacial score (nSPS) is 49.1. The second kappa shape index (κ2) is 4.45. The molecule has 5 nitrogen and oxygen atoms in total. The van der Waals surface area contributed by atoms with Gasteiger partial charge in [-0.2, -0.15) is 0 Å². The van der Waals surface area contributed by atoms with E-state index >= 15 is 0 Å². The van der Waals surface area contributed by atoms with E-state index in [1.807, 2.05) is 0 Å². The van der Waals surface area contributed by atoms with Crippen LogP contribution >= 0.6 is 0 Å². The molecule has 3 fully saturated rings. The number of likely N-dealkylation sites (tertiary alicyclic amines) is 1. The summed E-state index contributed by atoms with van der Waals surface area (Å²) in [6, 6.07) is 2.25. The van der Waals surface area contributed by atoms with Crippen molar-refractivity contribution >= 4 is 5.78 Å². The highest BCUT2D eigenvalue weighted by Gasteiger charge is 2.76. The van der Waals surface area contributed by atoms with E-state index in [9.17, 15) is 15.0 Å². The predicted molar refractivity (Wildman–Crippen MR) is 94.1 cm³/mol. The Morgan fingerprint density at radius 3 is 3.04 bits per heavy atom. The van der Waals surface area contributed by atoms with Crippen LogP contribution in [0, 0.1) is 5.92 Å². The maximum Gasteiger partial charge on any atom is 0.174 e. The van der Waals surface area contributed by atoms with Gasteiger partial charge >= 0.3 is 0 Å². The average molecular weight is 361 g/mol. The summed E-state index contributed by atoms with van der Waals surface area (Å²) >= 11 is 0. The van der Waals surface area contributed by atoms with Gasteiger partial charge in [-0.1, -0.05) is 6.07 Å². The van der Waals surface area contributed by atoms with Crippen molar-refractivity contribution in [1.29, 1.82) is 0 Å². The number of likely N-dealkylation sites (N-methyl/N-ethyl adjacent to an activating group) is 1. The molecule has 26 heavy (non-hydrogen) atoms. The van der Waals surface area contributed by atoms with Gasteiger partial charge in [0.05, 0.1) is 32.3 Å². The Morgan fingerprint density at radius 1 is 1.42 bits per heavy atom. The molecule has 5 atom stereocenters. The number of phenols is 1. The first-order valence-electron chi connectivity index (χ1n) is 12.1. The van der Waals surface area contributed by atoms with E-state index in [-0.39, 0.29) is 55.4 Å². The van der Waals surface area contributed by atoms with E-state index < -0.39 is 41.1 Å². The number of rotatable bonds is 2. The van der Waals surface area contributed by atoms with Gasteiger partial charge in [0.1, 0.15) is 11.6 Å². The number of benzene rings is 1. The maximum absolute atomic E-state index is 12.9. The highest BCUT2D eigenvalue weighted by atomic mass is 16.5. The molecule has 0 aromatic heterocycles. The van der Waals surface area contributed by atoms with Crippen molar-refractivity contribution in [3.63, 3.8) is 0 Å². The molecule has 2 bridgehead atoms. The lowest BCUT2D eigenvalue weighted by atomic mass is 9.48. The summed E-state index contributed by atoms with van der Waals surface area (Å²) in [5.41, 5.74) is -1.41. The molecule has 1 aromatic carbocycles. The number of ketones is 1. The molecular formula is C21H26NO4+. The van der Waals surface area contributed by atoms with Crippen LogP contribution in [0.2, 0.25) is 0 Å². The number of quaternary nitrogens is 1. The summed E-state index contributed by atoms with van der Waals surface area (Å²) in [4.78, 5) is 12.9. The zero-order valence-corrected chi connectivity index (χ0v) is 14.5. The highest BCUT2D eigenvalue weighted by Crippen LogP contribution is 2.65. The molecule has 1 saturated heterocycles. The molecule has 3 aliphatic carbocycles. The number of aliphatic hydroxyl groups is 1. The predicted octanol–water partition coefficient (Wildman–Crippen LogP) is 1.67. The van der Waals surface area contributed by atoms with Gasteiger partial charge in [0, 0.05) is 30.7 Å². The molecule has 1 aromatic rings. The quantitative estimate of drug-likeness (QED) is 0.787. The second-order valence-electron chi connectivity index (χ2n) is 8.77. The number of Topliss-reactive ketones (excluding diaryl/α,β-unsaturated/α-hetero) is 1. The van der Waals surface area contributed by atoms with Gasteiger partial charge in [-0.05, 0) is 30.9 Å². The zero-order valence-electron chi connectivity index (χ0n) is 19.5. The standard InChI is InChI=1S/C21H25NO4/c1-22(11-12-2-3-12)9-8-20-17-13-4-5-14(23)18(17)26-19(20)15(24)6-7-21(20,25)16(22)10-13/h4-5,12,16,19,25H,2-3,6-11H2,1H3/p+1/t16-,19+,20+,21-,22?/m1/s1/i1D3,11D2. The molecular weight excluding hydrogens is 330 g/mol. The van der Waals surface area contributed by atoms with Gasteiger partial charge in [0.2, 0.25) is 0 Å². The Labute approximate surface area is 160 Å². The Bertz CT molecular complexity index is 1020. The lowest BCUT2D eigenvalue weighted by molar-refractivity contribution is -0.950. The van der Waals surface area contributed by atoms with Crippen LogP contribution in [0.25, 0.3) is 0 Å². The highest BCUT2D eigenvalue weighted by molar-refractivity contribution is 5.90. The largest absolute Gasteiger partial charge is 0.504 e. The fourth-order valence-corrected chi connectivity index (χ4v) is 6.23. The monoisotopic (exact) mass is 361 g/mol. The number of aromatic hydroxyl groups is 1. The number of ether oxygens (including phenoxy) is 1. The van der Waals surface area contributed by atoms with Gasteiger partial charge in [0.25, 0.3) is 0 Å². The molecule has 0 radical (unpaired) electrons. The van der Waals surface area contributed by atoms with Crippen LogP contribution in [0.4, 0.5) is 0 Å². The zero-order chi connectivity index (χ0) is 22.2. The Morgan fingerprint density at radius 2 is 2.27 bits per heavy atom. The molecule has 2 heterocycles. The average Bonchev–Trinajstić information content (AvgIpc) is 3.46. The van der Waals surface area contributed by atoms with E-state index in [4.69, 9.17) is 11.6 Å². The van der Waals surface area contributed by atoms with Gasteiger partial charge in [-0.25, -0.2) is 0 Å². The van der Waals surface area contributed by atoms with E-state index in [0.29, 0.717) is 18.4 Å². The fraction of sp³-hybridized carbons (Fsp3) is 0.667. The van der Waals surface area contributed by atoms with E-state index in [1.165, 1.54) is 6.07 Å². The third-order valence-corrected chi connectivity index (χ3v) is 7.52. The number of carbonyl (C=O) groups excluding carboxylic acids is 1. The molecule has 0 amide bonds. The van der Waals surface area contributed by atoms with Crippen LogP contribution in [0.3, 0.4) is 0 Å². The number of hydrogen-bond acceptors (Lipinski definition) is 4. The Hall–Kier alpha value is -1.59. The lowest BCUT2D eigenvalue weighted by Crippen LogP contribution is -2.80. The van der Waals surface area contributed by atoms with E-state index in [0.717, 1.165) is 5.56 Å². The summed E-state index contributed by atoms with van der Waals surface area (Å²) in [5.74, 6) is -0.394. The van der Waals surface area contributed by atoms with Gasteiger partial charge < -0.3 is 19.4 Å². The van der Waals surface area contributed by atoms with Crippen molar-refractivity contribution in [2.45, 2.75) is 61.7 Å². The summed E-state index contributed by atoms with van der Waals surface area (Å²) in [6.45, 7) is -4.72. The molecule has 5 aliphatic rings. The maximum atomic E-state index is 12.9. The molecule has 1 unspecified atom stereocenters. The summed E-state index contributed by atoms with van der Waals surface area (Å²) in [6.07, 6.45) is 0.677. The minimum atomic E-state index is -2.68. The van der Waals surface area contributed by atoms with Gasteiger partial charge in [-0.3, -0.25) is 4.79 Å². The van der Waals surface area contributed by atoms with Crippen molar-refractivity contribution < 1.29 is 31.1 Å². The number of hydrogen-bond donors (Lipinski definition) is 2. The van der Waals surface area contributed by atoms with Crippen molar-refractivity contribution in [3.8, 4) is 11.5 Å². The van der Waals surface area contributed by atoms with Crippen molar-refractivity contribution in [2.75, 3.05) is 20.0 Å². The number of nitrogens with zero attached hydrogens (tertiary/aromatic N) is 1. The first kappa shape index (κ1) is 11.3. The number of carbonyl (C=O) groups is 1. The van der Waals surface area contributed by atoms with Gasteiger partial charge in [0.15, 0.2) is 23.4 Å². The Balaban J connectivity index is 1.66. The second-order valence-corrected chi connectivity index (χ2v) is 8.77. The molecule has 2 aliphatic heterocycles. The smallest absolute Gasteiger partial charge is 0.174 e. The van der Waals surface area contributed by atoms with E-state index in [1.54, 1.807) is 6.07 Å². The van der Waals surface area contributed by atoms with Crippen LogP contribution in [0.1, 0.15) is 50.1 Å². The minimum absolute atomic E-state index is 0.0192. The van der Waals surface area contributed by atoms with Crippen molar-refractivity contribution in [1.82, 2.24) is 0 Å². The van der Waals surface area contributed by atoms with Crippen LogP contribution in [-0.4, -0.2) is 58.2 Å². The molecule has 2 N–H and O–H groups in total. The first-order valence-corrected chi connectivity index (χ1v) is 9.57. The van der Waals surface area contributed by atoms with Crippen LogP contribution in [0.15, 0.2) is 12.1 Å². The molecule has 6 rings (SSSR count). The van der Waals surface area contributed by atoms with Crippen LogP contribution in [-0.2, 0) is 16.6 Å². The number of phenolic OH excluding ortho intramolecular Hbond substituents is 1. The SMILES string of the molecule is [2H]C([2H])([2H])[N+]1(C([2H])([2H])C2CC2)CC[C@]23c4c5ccc(O)c4O[C@H]2C(=O)CC[C@@]3(O)[C@H]1C5. The lowest BCUT2D eigenvalue weighted by Gasteiger charge is -2.64. The third-order valence-electron chi connectivity index (χ3n) is 7.52. The number of piperidine rings is 1. The van der Waals surface area contributed by atoms with E-state index in [2.05, 4.69) is 0 Å².